The summed E-state index contributed by atoms with van der Waals surface area (Å²) in [7, 11) is 0. The molecule has 1 amide bonds. The summed E-state index contributed by atoms with van der Waals surface area (Å²) in [6, 6.07) is 2.07. The molecule has 1 rings (SSSR count). The second kappa shape index (κ2) is 11.2. The fourth-order valence-corrected chi connectivity index (χ4v) is 2.59. The van der Waals surface area contributed by atoms with E-state index < -0.39 is 29.8 Å². The van der Waals surface area contributed by atoms with Crippen LogP contribution in [0.25, 0.3) is 0 Å². The lowest BCUT2D eigenvalue weighted by Gasteiger charge is -2.23. The van der Waals surface area contributed by atoms with Crippen LogP contribution in [0.4, 0.5) is 8.78 Å². The number of nitrogens with one attached hydrogen (secondary N) is 2. The average molecular weight is 371 g/mol. The minimum Gasteiger partial charge on any atom is -0.390 e. The van der Waals surface area contributed by atoms with Crippen molar-refractivity contribution >= 4 is 5.91 Å². The number of amides is 1. The molecule has 0 aliphatic rings. The molecule has 0 aromatic heterocycles. The first-order chi connectivity index (χ1) is 12.2. The van der Waals surface area contributed by atoms with E-state index >= 15 is 0 Å². The fourth-order valence-electron chi connectivity index (χ4n) is 2.59. The Kier molecular flexibility index (Phi) is 9.69. The van der Waals surface area contributed by atoms with Crippen LogP contribution in [-0.4, -0.2) is 42.3 Å². The van der Waals surface area contributed by atoms with Crippen LogP contribution < -0.4 is 16.4 Å². The molecule has 0 radical (unpaired) electrons. The zero-order chi connectivity index (χ0) is 19.7. The van der Waals surface area contributed by atoms with E-state index in [4.69, 9.17) is 5.73 Å². The number of carbonyl (C=O) groups excluding carboxylic acids is 1. The van der Waals surface area contributed by atoms with Gasteiger partial charge in [-0.25, -0.2) is 8.78 Å². The first-order valence-corrected chi connectivity index (χ1v) is 9.12. The van der Waals surface area contributed by atoms with Crippen molar-refractivity contribution in [1.82, 2.24) is 10.6 Å². The monoisotopic (exact) mass is 371 g/mol. The predicted molar refractivity (Wildman–Crippen MR) is 98.6 cm³/mol. The van der Waals surface area contributed by atoms with E-state index in [-0.39, 0.29) is 18.9 Å². The van der Waals surface area contributed by atoms with Crippen LogP contribution in [0.3, 0.4) is 0 Å². The summed E-state index contributed by atoms with van der Waals surface area (Å²) >= 11 is 0. The molecule has 1 unspecified atom stereocenters. The Hall–Kier alpha value is -1.57. The molecule has 26 heavy (non-hydrogen) atoms. The van der Waals surface area contributed by atoms with Gasteiger partial charge in [-0.2, -0.15) is 0 Å². The number of aliphatic hydroxyl groups excluding tert-OH is 1. The highest BCUT2D eigenvalue weighted by molar-refractivity contribution is 5.81. The largest absolute Gasteiger partial charge is 0.390 e. The Balaban J connectivity index is 2.54. The lowest BCUT2D eigenvalue weighted by atomic mass is 10.0. The lowest BCUT2D eigenvalue weighted by molar-refractivity contribution is -0.123. The van der Waals surface area contributed by atoms with Crippen LogP contribution >= 0.6 is 0 Å². The van der Waals surface area contributed by atoms with Gasteiger partial charge in [-0.1, -0.05) is 27.2 Å². The summed E-state index contributed by atoms with van der Waals surface area (Å²) in [6.45, 7) is 6.72. The van der Waals surface area contributed by atoms with Gasteiger partial charge in [0.15, 0.2) is 0 Å². The number of rotatable bonds is 11. The Labute approximate surface area is 154 Å². The Morgan fingerprint density at radius 2 is 1.81 bits per heavy atom. The van der Waals surface area contributed by atoms with Gasteiger partial charge in [-0.15, -0.1) is 0 Å². The molecule has 0 fully saturated rings. The summed E-state index contributed by atoms with van der Waals surface area (Å²) in [5.74, 6) is -1.10. The molecule has 0 heterocycles. The molecule has 0 saturated carbocycles. The van der Waals surface area contributed by atoms with Crippen LogP contribution in [0.1, 0.15) is 39.2 Å². The number of hydrogen-bond acceptors (Lipinski definition) is 4. The average Bonchev–Trinajstić information content (AvgIpc) is 2.55. The van der Waals surface area contributed by atoms with Crippen molar-refractivity contribution in [3.05, 3.63) is 35.4 Å². The summed E-state index contributed by atoms with van der Waals surface area (Å²) in [6.07, 6.45) is 0.646. The quantitative estimate of drug-likeness (QED) is 0.477. The molecule has 148 valence electrons. The summed E-state index contributed by atoms with van der Waals surface area (Å²) in [4.78, 5) is 12.2. The predicted octanol–water partition coefficient (Wildman–Crippen LogP) is 1.73. The zero-order valence-corrected chi connectivity index (χ0v) is 15.8. The number of benzene rings is 1. The van der Waals surface area contributed by atoms with Gasteiger partial charge in [0.2, 0.25) is 5.91 Å². The molecular formula is C19H31F2N3O2. The molecule has 1 aromatic carbocycles. The topological polar surface area (TPSA) is 87.4 Å². The minimum atomic E-state index is -0.946. The number of carbonyl (C=O) groups is 1. The maximum absolute atomic E-state index is 13.2. The number of hydrogen-bond donors (Lipinski definition) is 4. The summed E-state index contributed by atoms with van der Waals surface area (Å²) in [5, 5.41) is 16.1. The van der Waals surface area contributed by atoms with E-state index in [1.54, 1.807) is 0 Å². The Bertz CT molecular complexity index is 549. The van der Waals surface area contributed by atoms with E-state index in [9.17, 15) is 18.7 Å². The first-order valence-electron chi connectivity index (χ1n) is 9.12. The SMILES string of the molecule is CCCC(NC[C@@H](O)[C@@H](N)Cc1cc(F)cc(F)c1)C(=O)NCC(C)C. The second-order valence-electron chi connectivity index (χ2n) is 7.10. The molecule has 0 bridgehead atoms. The number of aliphatic hydroxyl groups is 1. The molecular weight excluding hydrogens is 340 g/mol. The Morgan fingerprint density at radius 3 is 2.35 bits per heavy atom. The van der Waals surface area contributed by atoms with Crippen LogP contribution in [0.5, 0.6) is 0 Å². The molecule has 1 aromatic rings. The Morgan fingerprint density at radius 1 is 1.19 bits per heavy atom. The standard InChI is InChI=1S/C19H31F2N3O2/c1-4-5-17(19(26)24-10-12(2)3)23-11-18(25)16(22)8-13-6-14(20)9-15(21)7-13/h6-7,9,12,16-18,23,25H,4-5,8,10-11,22H2,1-3H3,(H,24,26)/t16-,17?,18+/m0/s1. The molecule has 0 aliphatic heterocycles. The van der Waals surface area contributed by atoms with E-state index in [1.807, 2.05) is 20.8 Å². The van der Waals surface area contributed by atoms with Gasteiger partial charge in [-0.05, 0) is 36.5 Å². The zero-order valence-electron chi connectivity index (χ0n) is 15.8. The van der Waals surface area contributed by atoms with E-state index in [2.05, 4.69) is 10.6 Å². The normalized spacial score (nSPS) is 14.9. The van der Waals surface area contributed by atoms with Crippen molar-refractivity contribution < 1.29 is 18.7 Å². The maximum atomic E-state index is 13.2. The maximum Gasteiger partial charge on any atom is 0.237 e. The van der Waals surface area contributed by atoms with Crippen molar-refractivity contribution in [1.29, 1.82) is 0 Å². The molecule has 0 spiro atoms. The molecule has 5 nitrogen and oxygen atoms in total. The van der Waals surface area contributed by atoms with Crippen molar-refractivity contribution in [2.24, 2.45) is 11.7 Å². The van der Waals surface area contributed by atoms with Gasteiger partial charge in [0.05, 0.1) is 12.1 Å². The molecule has 3 atom stereocenters. The third kappa shape index (κ3) is 8.21. The minimum absolute atomic E-state index is 0.103. The highest BCUT2D eigenvalue weighted by Crippen LogP contribution is 2.11. The van der Waals surface area contributed by atoms with E-state index in [1.165, 1.54) is 12.1 Å². The summed E-state index contributed by atoms with van der Waals surface area (Å²) < 4.78 is 26.5. The van der Waals surface area contributed by atoms with Gasteiger partial charge in [0.1, 0.15) is 11.6 Å². The first kappa shape index (κ1) is 22.5. The molecule has 0 aliphatic carbocycles. The van der Waals surface area contributed by atoms with Crippen molar-refractivity contribution in [3.63, 3.8) is 0 Å². The van der Waals surface area contributed by atoms with Gasteiger partial charge in [0, 0.05) is 25.2 Å². The second-order valence-corrected chi connectivity index (χ2v) is 7.10. The van der Waals surface area contributed by atoms with Crippen LogP contribution in [0.2, 0.25) is 0 Å². The van der Waals surface area contributed by atoms with Crippen molar-refractivity contribution in [2.45, 2.75) is 58.2 Å². The third-order valence-corrected chi connectivity index (χ3v) is 4.04. The molecule has 5 N–H and O–H groups in total. The van der Waals surface area contributed by atoms with Crippen LogP contribution in [0.15, 0.2) is 18.2 Å². The smallest absolute Gasteiger partial charge is 0.237 e. The van der Waals surface area contributed by atoms with Crippen LogP contribution in [-0.2, 0) is 11.2 Å². The fraction of sp³-hybridized carbons (Fsp3) is 0.632. The van der Waals surface area contributed by atoms with E-state index in [0.29, 0.717) is 24.4 Å². The van der Waals surface area contributed by atoms with Gasteiger partial charge in [-0.3, -0.25) is 4.79 Å². The number of nitrogens with two attached hydrogens (primary N) is 1. The van der Waals surface area contributed by atoms with Crippen molar-refractivity contribution in [3.8, 4) is 0 Å². The van der Waals surface area contributed by atoms with Crippen LogP contribution in [0, 0.1) is 17.6 Å². The lowest BCUT2D eigenvalue weighted by Crippen LogP contribution is -2.50. The molecule has 0 saturated heterocycles. The highest BCUT2D eigenvalue weighted by atomic mass is 19.1. The van der Waals surface area contributed by atoms with E-state index in [0.717, 1.165) is 12.5 Å². The van der Waals surface area contributed by atoms with Crippen molar-refractivity contribution in [2.75, 3.05) is 13.1 Å². The van der Waals surface area contributed by atoms with Gasteiger partial charge in [0.25, 0.3) is 0 Å². The highest BCUT2D eigenvalue weighted by Gasteiger charge is 2.21. The third-order valence-electron chi connectivity index (χ3n) is 4.04. The summed E-state index contributed by atoms with van der Waals surface area (Å²) in [5.41, 5.74) is 6.33. The molecule has 7 heteroatoms. The number of halogens is 2. The van der Waals surface area contributed by atoms with Gasteiger partial charge < -0.3 is 21.5 Å². The van der Waals surface area contributed by atoms with Gasteiger partial charge >= 0.3 is 0 Å².